The van der Waals surface area contributed by atoms with Gasteiger partial charge >= 0.3 is 0 Å². The minimum Gasteiger partial charge on any atom is -0.394 e. The minimum atomic E-state index is -0.744. The first-order valence-electron chi connectivity index (χ1n) is 23.8. The molecule has 1 amide bonds. The zero-order chi connectivity index (χ0) is 38.0. The molecule has 0 radical (unpaired) electrons. The van der Waals surface area contributed by atoms with Crippen LogP contribution in [0.3, 0.4) is 0 Å². The van der Waals surface area contributed by atoms with E-state index in [0.29, 0.717) is 12.8 Å². The van der Waals surface area contributed by atoms with Gasteiger partial charge in [0.1, 0.15) is 0 Å². The molecule has 0 rings (SSSR count). The van der Waals surface area contributed by atoms with E-state index in [-0.39, 0.29) is 18.9 Å². The van der Waals surface area contributed by atoms with E-state index in [1.165, 1.54) is 212 Å². The van der Waals surface area contributed by atoms with E-state index in [1.807, 2.05) is 0 Å². The van der Waals surface area contributed by atoms with Gasteiger partial charge in [0.25, 0.3) is 0 Å². The molecular weight excluding hydrogens is 643 g/mol. The highest BCUT2D eigenvalue weighted by Crippen LogP contribution is 2.17. The van der Waals surface area contributed by atoms with Crippen LogP contribution >= 0.6 is 0 Å². The van der Waals surface area contributed by atoms with Crippen LogP contribution in [0.25, 0.3) is 0 Å². The minimum absolute atomic E-state index is 0.0431. The Hall–Kier alpha value is -0.650. The second-order valence-electron chi connectivity index (χ2n) is 16.7. The number of hydrogen-bond donors (Lipinski definition) is 4. The van der Waals surface area contributed by atoms with Crippen LogP contribution in [0.1, 0.15) is 271 Å². The topological polar surface area (TPSA) is 89.8 Å². The largest absolute Gasteiger partial charge is 0.394 e. The molecule has 5 heteroatoms. The lowest BCUT2D eigenvalue weighted by atomic mass is 10.0. The lowest BCUT2D eigenvalue weighted by molar-refractivity contribution is -0.125. The molecule has 0 saturated carbocycles. The number of nitrogens with one attached hydrogen (secondary N) is 1. The summed E-state index contributed by atoms with van der Waals surface area (Å²) < 4.78 is 0. The van der Waals surface area contributed by atoms with Gasteiger partial charge in [0, 0.05) is 0 Å². The van der Waals surface area contributed by atoms with Gasteiger partial charge in [-0.25, -0.2) is 0 Å². The van der Waals surface area contributed by atoms with Crippen LogP contribution in [0, 0.1) is 0 Å². The molecule has 0 aromatic rings. The first-order chi connectivity index (χ1) is 25.5. The summed E-state index contributed by atoms with van der Waals surface area (Å²) in [7, 11) is 0. The third-order valence-electron chi connectivity index (χ3n) is 11.4. The fourth-order valence-corrected chi connectivity index (χ4v) is 7.76. The number of hydrogen-bond acceptors (Lipinski definition) is 4. The number of amides is 1. The molecular formula is C47H95NO4. The first-order valence-corrected chi connectivity index (χ1v) is 23.8. The lowest BCUT2D eigenvalue weighted by Gasteiger charge is -2.23. The van der Waals surface area contributed by atoms with Crippen molar-refractivity contribution in [2.45, 2.75) is 289 Å². The standard InChI is InChI=1S/C47H95NO4/c1-3-5-7-9-11-13-15-17-19-21-23-24-26-28-30-32-34-36-38-40-44(50)42-47(52)48-45(43-49)46(51)41-39-37-35-33-31-29-27-25-22-20-18-16-14-12-10-8-6-4-2/h44-46,49-51H,3-43H2,1-2H3,(H,48,52). The molecule has 0 aliphatic rings. The van der Waals surface area contributed by atoms with Crippen LogP contribution < -0.4 is 5.32 Å². The van der Waals surface area contributed by atoms with Crippen molar-refractivity contribution in [3.8, 4) is 0 Å². The molecule has 3 unspecified atom stereocenters. The second kappa shape index (κ2) is 43.1. The maximum Gasteiger partial charge on any atom is 0.222 e. The van der Waals surface area contributed by atoms with Gasteiger partial charge in [-0.1, -0.05) is 251 Å². The van der Waals surface area contributed by atoms with Crippen LogP contribution in [-0.2, 0) is 4.79 Å². The Balaban J connectivity index is 3.55. The van der Waals surface area contributed by atoms with Crippen LogP contribution in [0.5, 0.6) is 0 Å². The predicted octanol–water partition coefficient (Wildman–Crippen LogP) is 13.8. The normalized spacial score (nSPS) is 13.4. The van der Waals surface area contributed by atoms with E-state index in [2.05, 4.69) is 19.2 Å². The average Bonchev–Trinajstić information content (AvgIpc) is 3.14. The van der Waals surface area contributed by atoms with Gasteiger partial charge in [-0.2, -0.15) is 0 Å². The number of unbranched alkanes of at least 4 members (excludes halogenated alkanes) is 35. The van der Waals surface area contributed by atoms with E-state index >= 15 is 0 Å². The highest BCUT2D eigenvalue weighted by atomic mass is 16.3. The summed E-state index contributed by atoms with van der Waals surface area (Å²) in [6, 6.07) is -0.652. The number of carbonyl (C=O) groups excluding carboxylic acids is 1. The van der Waals surface area contributed by atoms with Crippen molar-refractivity contribution >= 4 is 5.91 Å². The van der Waals surface area contributed by atoms with Crippen molar-refractivity contribution in [1.82, 2.24) is 5.32 Å². The summed E-state index contributed by atoms with van der Waals surface area (Å²) in [6.45, 7) is 4.29. The lowest BCUT2D eigenvalue weighted by Crippen LogP contribution is -2.46. The Morgan fingerprint density at radius 2 is 0.654 bits per heavy atom. The van der Waals surface area contributed by atoms with Crippen LogP contribution in [0.15, 0.2) is 0 Å². The molecule has 52 heavy (non-hydrogen) atoms. The molecule has 0 fully saturated rings. The number of carbonyl (C=O) groups is 1. The maximum absolute atomic E-state index is 12.5. The third-order valence-corrected chi connectivity index (χ3v) is 11.4. The predicted molar refractivity (Wildman–Crippen MR) is 227 cm³/mol. The van der Waals surface area contributed by atoms with E-state index in [4.69, 9.17) is 0 Å². The Kier molecular flexibility index (Phi) is 42.5. The van der Waals surface area contributed by atoms with Gasteiger partial charge in [0.2, 0.25) is 5.91 Å². The Morgan fingerprint density at radius 1 is 0.404 bits per heavy atom. The van der Waals surface area contributed by atoms with E-state index < -0.39 is 18.2 Å². The fourth-order valence-electron chi connectivity index (χ4n) is 7.76. The molecule has 0 saturated heterocycles. The monoisotopic (exact) mass is 738 g/mol. The van der Waals surface area contributed by atoms with Crippen molar-refractivity contribution < 1.29 is 20.1 Å². The van der Waals surface area contributed by atoms with Gasteiger partial charge in [0.15, 0.2) is 0 Å². The molecule has 0 aromatic carbocycles. The number of aliphatic hydroxyl groups excluding tert-OH is 3. The molecule has 3 atom stereocenters. The van der Waals surface area contributed by atoms with Gasteiger partial charge in [0.05, 0.1) is 31.3 Å². The van der Waals surface area contributed by atoms with Gasteiger partial charge < -0.3 is 20.6 Å². The average molecular weight is 738 g/mol. The molecule has 4 N–H and O–H groups in total. The highest BCUT2D eigenvalue weighted by molar-refractivity contribution is 5.76. The fraction of sp³-hybridized carbons (Fsp3) is 0.979. The zero-order valence-corrected chi connectivity index (χ0v) is 35.5. The second-order valence-corrected chi connectivity index (χ2v) is 16.7. The van der Waals surface area contributed by atoms with Gasteiger partial charge in [-0.15, -0.1) is 0 Å². The SMILES string of the molecule is CCCCCCCCCCCCCCCCCCCCCC(O)CC(=O)NC(CO)C(O)CCCCCCCCCCCCCCCCCCCC. The van der Waals surface area contributed by atoms with Crippen molar-refractivity contribution in [2.24, 2.45) is 0 Å². The molecule has 0 aromatic heterocycles. The van der Waals surface area contributed by atoms with Crippen LogP contribution in [0.2, 0.25) is 0 Å². The molecule has 0 spiro atoms. The first kappa shape index (κ1) is 51.4. The van der Waals surface area contributed by atoms with Crippen molar-refractivity contribution in [3.63, 3.8) is 0 Å². The maximum atomic E-state index is 12.5. The summed E-state index contributed by atoms with van der Waals surface area (Å²) in [5.41, 5.74) is 0. The zero-order valence-electron chi connectivity index (χ0n) is 35.5. The summed E-state index contributed by atoms with van der Waals surface area (Å²) in [5.74, 6) is -0.277. The Morgan fingerprint density at radius 3 is 0.923 bits per heavy atom. The summed E-state index contributed by atoms with van der Waals surface area (Å²) in [4.78, 5) is 12.5. The van der Waals surface area contributed by atoms with Crippen molar-refractivity contribution in [1.29, 1.82) is 0 Å². The van der Waals surface area contributed by atoms with E-state index in [9.17, 15) is 20.1 Å². The van der Waals surface area contributed by atoms with E-state index in [1.54, 1.807) is 0 Å². The Labute approximate surface area is 326 Å². The molecule has 0 aliphatic carbocycles. The van der Waals surface area contributed by atoms with Gasteiger partial charge in [-0.3, -0.25) is 4.79 Å². The summed E-state index contributed by atoms with van der Waals surface area (Å²) in [6.07, 6.45) is 49.3. The van der Waals surface area contributed by atoms with Gasteiger partial charge in [-0.05, 0) is 12.8 Å². The quantitative estimate of drug-likeness (QED) is 0.0469. The Bertz CT molecular complexity index is 688. The highest BCUT2D eigenvalue weighted by Gasteiger charge is 2.21. The van der Waals surface area contributed by atoms with E-state index in [0.717, 1.165) is 25.7 Å². The number of aliphatic hydroxyl groups is 3. The van der Waals surface area contributed by atoms with Crippen molar-refractivity contribution in [3.05, 3.63) is 0 Å². The number of rotatable bonds is 44. The molecule has 0 aliphatic heterocycles. The van der Waals surface area contributed by atoms with Crippen LogP contribution in [0.4, 0.5) is 0 Å². The third kappa shape index (κ3) is 39.1. The molecule has 5 nitrogen and oxygen atoms in total. The molecule has 312 valence electrons. The summed E-state index contributed by atoms with van der Waals surface area (Å²) >= 11 is 0. The van der Waals surface area contributed by atoms with Crippen LogP contribution in [-0.4, -0.2) is 46.1 Å². The smallest absolute Gasteiger partial charge is 0.222 e. The molecule has 0 bridgehead atoms. The van der Waals surface area contributed by atoms with Crippen molar-refractivity contribution in [2.75, 3.05) is 6.61 Å². The summed E-state index contributed by atoms with van der Waals surface area (Å²) in [5, 5.41) is 33.5. The molecule has 0 heterocycles.